The number of aliphatic hydroxyl groups excluding tert-OH is 1. The normalized spacial score (nSPS) is 11.9. The first-order chi connectivity index (χ1) is 8.32. The highest BCUT2D eigenvalue weighted by molar-refractivity contribution is 5.93. The summed E-state index contributed by atoms with van der Waals surface area (Å²) in [5.41, 5.74) is -0.249. The summed E-state index contributed by atoms with van der Waals surface area (Å²) in [5, 5.41) is 30.0. The zero-order valence-corrected chi connectivity index (χ0v) is 9.36. The lowest BCUT2D eigenvalue weighted by Gasteiger charge is -2.07. The van der Waals surface area contributed by atoms with E-state index in [0.717, 1.165) is 12.3 Å². The van der Waals surface area contributed by atoms with Gasteiger partial charge in [-0.25, -0.2) is 4.79 Å². The van der Waals surface area contributed by atoms with Crippen LogP contribution in [0.3, 0.4) is 0 Å². The van der Waals surface area contributed by atoms with Gasteiger partial charge >= 0.3 is 5.97 Å². The molecule has 1 unspecified atom stereocenters. The third kappa shape index (κ3) is 3.04. The molecule has 9 nitrogen and oxygen atoms in total. The lowest BCUT2D eigenvalue weighted by molar-refractivity contribution is -0.384. The molecule has 3 N–H and O–H groups in total. The molecule has 1 amide bonds. The van der Waals surface area contributed by atoms with Gasteiger partial charge in [0.25, 0.3) is 11.6 Å². The highest BCUT2D eigenvalue weighted by Gasteiger charge is 2.19. The van der Waals surface area contributed by atoms with Crippen molar-refractivity contribution in [1.29, 1.82) is 0 Å². The van der Waals surface area contributed by atoms with Crippen molar-refractivity contribution in [3.63, 3.8) is 0 Å². The monoisotopic (exact) mass is 257 g/mol. The van der Waals surface area contributed by atoms with Gasteiger partial charge in [-0.3, -0.25) is 14.9 Å². The summed E-state index contributed by atoms with van der Waals surface area (Å²) in [6.45, 7) is -0.479. The van der Waals surface area contributed by atoms with E-state index in [-0.39, 0.29) is 11.4 Å². The Morgan fingerprint density at radius 3 is 2.67 bits per heavy atom. The molecule has 0 fully saturated rings. The number of aliphatic hydroxyl groups is 1. The summed E-state index contributed by atoms with van der Waals surface area (Å²) in [6.07, 6.45) is -0.563. The second-order valence-corrected chi connectivity index (χ2v) is 3.52. The molecule has 1 aromatic rings. The molecule has 9 heteroatoms. The maximum atomic E-state index is 11.6. The first kappa shape index (κ1) is 13.6. The van der Waals surface area contributed by atoms with Crippen LogP contribution in [0.25, 0.3) is 0 Å². The van der Waals surface area contributed by atoms with Crippen LogP contribution in [-0.4, -0.2) is 44.2 Å². The van der Waals surface area contributed by atoms with Crippen molar-refractivity contribution in [3.05, 3.63) is 28.1 Å². The van der Waals surface area contributed by atoms with Crippen molar-refractivity contribution < 1.29 is 24.7 Å². The number of carboxylic acid groups (broad SMARTS) is 1. The summed E-state index contributed by atoms with van der Waals surface area (Å²) in [4.78, 5) is 31.7. The molecule has 0 radical (unpaired) electrons. The Kier molecular flexibility index (Phi) is 4.00. The lowest BCUT2D eigenvalue weighted by atomic mass is 10.3. The van der Waals surface area contributed by atoms with Gasteiger partial charge in [0.05, 0.1) is 17.7 Å². The van der Waals surface area contributed by atoms with Gasteiger partial charge in [-0.1, -0.05) is 0 Å². The van der Waals surface area contributed by atoms with Gasteiger partial charge < -0.3 is 20.1 Å². The number of aromatic nitrogens is 1. The Morgan fingerprint density at radius 1 is 1.61 bits per heavy atom. The first-order valence-electron chi connectivity index (χ1n) is 4.82. The fourth-order valence-corrected chi connectivity index (χ4v) is 1.24. The van der Waals surface area contributed by atoms with Gasteiger partial charge in [0.2, 0.25) is 0 Å². The second kappa shape index (κ2) is 5.27. The fourth-order valence-electron chi connectivity index (χ4n) is 1.24. The standard InChI is InChI=1S/C9H11N3O6/c1-11-4-5(12(17)18)2-6(11)8(14)10-3-7(13)9(15)16/h2,4,7,13H,3H2,1H3,(H,10,14)(H,15,16). The lowest BCUT2D eigenvalue weighted by Crippen LogP contribution is -2.37. The van der Waals surface area contributed by atoms with Crippen molar-refractivity contribution in [2.75, 3.05) is 6.54 Å². The highest BCUT2D eigenvalue weighted by atomic mass is 16.6. The van der Waals surface area contributed by atoms with Crippen LogP contribution in [-0.2, 0) is 11.8 Å². The van der Waals surface area contributed by atoms with Gasteiger partial charge in [-0.05, 0) is 0 Å². The molecule has 0 aliphatic carbocycles. The van der Waals surface area contributed by atoms with Crippen LogP contribution < -0.4 is 5.32 Å². The van der Waals surface area contributed by atoms with E-state index in [0.29, 0.717) is 0 Å². The maximum Gasteiger partial charge on any atom is 0.334 e. The molecule has 0 aromatic carbocycles. The van der Waals surface area contributed by atoms with Gasteiger partial charge in [0.15, 0.2) is 6.10 Å². The van der Waals surface area contributed by atoms with Crippen LogP contribution in [0.5, 0.6) is 0 Å². The maximum absolute atomic E-state index is 11.6. The number of carbonyl (C=O) groups is 2. The molecule has 0 saturated heterocycles. The summed E-state index contributed by atoms with van der Waals surface area (Å²) in [7, 11) is 1.44. The van der Waals surface area contributed by atoms with Crippen molar-refractivity contribution in [2.45, 2.75) is 6.10 Å². The zero-order valence-electron chi connectivity index (χ0n) is 9.36. The van der Waals surface area contributed by atoms with Crippen LogP contribution in [0.2, 0.25) is 0 Å². The molecule has 1 aromatic heterocycles. The number of carbonyl (C=O) groups excluding carboxylic acids is 1. The van der Waals surface area contributed by atoms with E-state index >= 15 is 0 Å². The van der Waals surface area contributed by atoms with Crippen LogP contribution >= 0.6 is 0 Å². The number of rotatable bonds is 5. The Bertz CT molecular complexity index is 494. The topological polar surface area (TPSA) is 135 Å². The average Bonchev–Trinajstić information content (AvgIpc) is 2.67. The van der Waals surface area contributed by atoms with E-state index in [1.807, 2.05) is 0 Å². The van der Waals surface area contributed by atoms with Crippen molar-refractivity contribution in [1.82, 2.24) is 9.88 Å². The first-order valence-corrected chi connectivity index (χ1v) is 4.82. The van der Waals surface area contributed by atoms with Crippen molar-refractivity contribution in [2.24, 2.45) is 7.05 Å². The molecule has 0 spiro atoms. The molecule has 1 atom stereocenters. The third-order valence-electron chi connectivity index (χ3n) is 2.17. The SMILES string of the molecule is Cn1cc([N+](=O)[O-])cc1C(=O)NCC(O)C(=O)O. The molecule has 0 aliphatic heterocycles. The van der Waals surface area contributed by atoms with E-state index in [1.165, 1.54) is 11.6 Å². The van der Waals surface area contributed by atoms with Gasteiger partial charge in [0, 0.05) is 13.1 Å². The predicted octanol–water partition coefficient (Wildman–Crippen LogP) is -0.891. The largest absolute Gasteiger partial charge is 0.479 e. The molecule has 0 aliphatic rings. The van der Waals surface area contributed by atoms with Gasteiger partial charge in [-0.2, -0.15) is 0 Å². The van der Waals surface area contributed by atoms with E-state index in [2.05, 4.69) is 5.32 Å². The number of nitro groups is 1. The number of hydrogen-bond acceptors (Lipinski definition) is 5. The Balaban J connectivity index is 2.73. The summed E-state index contributed by atoms with van der Waals surface area (Å²) >= 11 is 0. The minimum atomic E-state index is -1.72. The van der Waals surface area contributed by atoms with Crippen LogP contribution in [0.1, 0.15) is 10.5 Å². The molecule has 18 heavy (non-hydrogen) atoms. The highest BCUT2D eigenvalue weighted by Crippen LogP contribution is 2.14. The number of aryl methyl sites for hydroxylation is 1. The number of hydrogen-bond donors (Lipinski definition) is 3. The third-order valence-corrected chi connectivity index (χ3v) is 2.17. The smallest absolute Gasteiger partial charge is 0.334 e. The predicted molar refractivity (Wildman–Crippen MR) is 58.0 cm³/mol. The molecule has 98 valence electrons. The molecule has 0 bridgehead atoms. The number of carboxylic acids is 1. The van der Waals surface area contributed by atoms with Crippen molar-refractivity contribution >= 4 is 17.6 Å². The molecule has 0 saturated carbocycles. The van der Waals surface area contributed by atoms with Gasteiger partial charge in [-0.15, -0.1) is 0 Å². The van der Waals surface area contributed by atoms with Crippen LogP contribution in [0, 0.1) is 10.1 Å². The Morgan fingerprint density at radius 2 is 2.22 bits per heavy atom. The van der Waals surface area contributed by atoms with Gasteiger partial charge in [0.1, 0.15) is 5.69 Å². The molecule has 1 rings (SSSR count). The van der Waals surface area contributed by atoms with Crippen LogP contribution in [0.4, 0.5) is 5.69 Å². The number of aliphatic carboxylic acids is 1. The summed E-state index contributed by atoms with van der Waals surface area (Å²) < 4.78 is 1.24. The number of amides is 1. The van der Waals surface area contributed by atoms with E-state index in [1.54, 1.807) is 0 Å². The average molecular weight is 257 g/mol. The Labute approximate surface area is 101 Å². The minimum Gasteiger partial charge on any atom is -0.479 e. The molecule has 1 heterocycles. The number of nitrogens with zero attached hydrogens (tertiary/aromatic N) is 2. The van der Waals surface area contributed by atoms with Crippen LogP contribution in [0.15, 0.2) is 12.3 Å². The fraction of sp³-hybridized carbons (Fsp3) is 0.333. The molecular weight excluding hydrogens is 246 g/mol. The minimum absolute atomic E-state index is 0.000659. The van der Waals surface area contributed by atoms with E-state index in [9.17, 15) is 19.7 Å². The molecular formula is C9H11N3O6. The van der Waals surface area contributed by atoms with Crippen molar-refractivity contribution in [3.8, 4) is 0 Å². The Hall–Kier alpha value is -2.42. The zero-order chi connectivity index (χ0) is 13.9. The van der Waals surface area contributed by atoms with E-state index in [4.69, 9.17) is 10.2 Å². The summed E-state index contributed by atoms with van der Waals surface area (Å²) in [5.74, 6) is -2.17. The number of nitrogens with one attached hydrogen (secondary N) is 1. The van der Waals surface area contributed by atoms with E-state index < -0.39 is 29.4 Å². The second-order valence-electron chi connectivity index (χ2n) is 3.52. The summed E-state index contributed by atoms with van der Waals surface area (Å²) in [6, 6.07) is 1.06. The quantitative estimate of drug-likeness (QED) is 0.462.